The minimum absolute atomic E-state index is 0.0793. The van der Waals surface area contributed by atoms with E-state index in [2.05, 4.69) is 36.2 Å². The van der Waals surface area contributed by atoms with Crippen LogP contribution in [0.5, 0.6) is 0 Å². The van der Waals surface area contributed by atoms with Gasteiger partial charge < -0.3 is 9.80 Å². The lowest BCUT2D eigenvalue weighted by molar-refractivity contribution is -0.131. The molecule has 2 heterocycles. The molecular weight excluding hydrogens is 344 g/mol. The Morgan fingerprint density at radius 3 is 2.22 bits per heavy atom. The van der Waals surface area contributed by atoms with E-state index >= 15 is 0 Å². The van der Waals surface area contributed by atoms with Crippen LogP contribution in [0, 0.1) is 20.8 Å². The molecule has 0 atom stereocenters. The van der Waals surface area contributed by atoms with E-state index in [9.17, 15) is 14.4 Å². The zero-order valence-electron chi connectivity index (χ0n) is 15.9. The summed E-state index contributed by atoms with van der Waals surface area (Å²) in [5, 5.41) is 6.05. The number of nitrogens with zero attached hydrogens (tertiary/aromatic N) is 3. The SMILES string of the molecule is Cc1cc(C)c(CC(=O)N2CCN(C(=O)c3ccc(=O)[nH]n3)CC2)cc1C. The second-order valence-corrected chi connectivity index (χ2v) is 7.02. The minimum atomic E-state index is -0.344. The number of hydrogen-bond donors (Lipinski definition) is 1. The van der Waals surface area contributed by atoms with Gasteiger partial charge in [-0.3, -0.25) is 14.4 Å². The van der Waals surface area contributed by atoms with Gasteiger partial charge in [-0.25, -0.2) is 5.10 Å². The number of benzene rings is 1. The Hall–Kier alpha value is -2.96. The smallest absolute Gasteiger partial charge is 0.274 e. The largest absolute Gasteiger partial charge is 0.339 e. The van der Waals surface area contributed by atoms with Gasteiger partial charge in [0.15, 0.2) is 0 Å². The second kappa shape index (κ2) is 7.73. The van der Waals surface area contributed by atoms with Gasteiger partial charge in [0, 0.05) is 32.2 Å². The molecule has 1 saturated heterocycles. The van der Waals surface area contributed by atoms with Gasteiger partial charge in [-0.05, 0) is 49.1 Å². The molecule has 0 bridgehead atoms. The third-order valence-electron chi connectivity index (χ3n) is 5.11. The van der Waals surface area contributed by atoms with Crippen LogP contribution in [0.4, 0.5) is 0 Å². The summed E-state index contributed by atoms with van der Waals surface area (Å²) >= 11 is 0. The van der Waals surface area contributed by atoms with E-state index in [-0.39, 0.29) is 23.1 Å². The van der Waals surface area contributed by atoms with Gasteiger partial charge in [-0.15, -0.1) is 0 Å². The highest BCUT2D eigenvalue weighted by Gasteiger charge is 2.25. The summed E-state index contributed by atoms with van der Waals surface area (Å²) in [6, 6.07) is 6.91. The highest BCUT2D eigenvalue weighted by Crippen LogP contribution is 2.17. The summed E-state index contributed by atoms with van der Waals surface area (Å²) in [6.07, 6.45) is 0.377. The summed E-state index contributed by atoms with van der Waals surface area (Å²) in [6.45, 7) is 8.06. The number of hydrogen-bond acceptors (Lipinski definition) is 4. The Morgan fingerprint density at radius 2 is 1.59 bits per heavy atom. The van der Waals surface area contributed by atoms with E-state index in [1.807, 2.05) is 6.92 Å². The van der Waals surface area contributed by atoms with Crippen LogP contribution in [0.25, 0.3) is 0 Å². The molecule has 1 aliphatic heterocycles. The van der Waals surface area contributed by atoms with Gasteiger partial charge in [0.1, 0.15) is 5.69 Å². The van der Waals surface area contributed by atoms with Gasteiger partial charge in [-0.2, -0.15) is 5.10 Å². The zero-order chi connectivity index (χ0) is 19.6. The molecule has 0 unspecified atom stereocenters. The van der Waals surface area contributed by atoms with Crippen LogP contribution in [-0.2, 0) is 11.2 Å². The number of aryl methyl sites for hydroxylation is 3. The van der Waals surface area contributed by atoms with Crippen molar-refractivity contribution >= 4 is 11.8 Å². The normalized spacial score (nSPS) is 14.3. The number of carbonyl (C=O) groups is 2. The van der Waals surface area contributed by atoms with Crippen molar-refractivity contribution in [3.63, 3.8) is 0 Å². The van der Waals surface area contributed by atoms with Gasteiger partial charge in [0.25, 0.3) is 11.5 Å². The molecule has 0 aliphatic carbocycles. The maximum atomic E-state index is 12.7. The van der Waals surface area contributed by atoms with E-state index < -0.39 is 0 Å². The van der Waals surface area contributed by atoms with Gasteiger partial charge in [-0.1, -0.05) is 12.1 Å². The van der Waals surface area contributed by atoms with Crippen LogP contribution in [0.15, 0.2) is 29.1 Å². The average molecular weight is 368 g/mol. The van der Waals surface area contributed by atoms with E-state index in [4.69, 9.17) is 0 Å². The highest BCUT2D eigenvalue weighted by molar-refractivity contribution is 5.92. The first-order valence-corrected chi connectivity index (χ1v) is 9.04. The van der Waals surface area contributed by atoms with Crippen molar-refractivity contribution in [1.82, 2.24) is 20.0 Å². The maximum Gasteiger partial charge on any atom is 0.274 e. The monoisotopic (exact) mass is 368 g/mol. The molecule has 3 rings (SSSR count). The summed E-state index contributed by atoms with van der Waals surface area (Å²) in [7, 11) is 0. The Labute approximate surface area is 158 Å². The predicted molar refractivity (Wildman–Crippen MR) is 102 cm³/mol. The molecule has 7 nitrogen and oxygen atoms in total. The third kappa shape index (κ3) is 4.24. The first-order valence-electron chi connectivity index (χ1n) is 9.04. The van der Waals surface area contributed by atoms with Crippen LogP contribution >= 0.6 is 0 Å². The number of aromatic nitrogens is 2. The molecule has 0 radical (unpaired) electrons. The number of carbonyl (C=O) groups excluding carboxylic acids is 2. The second-order valence-electron chi connectivity index (χ2n) is 7.02. The Balaban J connectivity index is 1.59. The molecule has 1 aromatic heterocycles. The molecule has 142 valence electrons. The van der Waals surface area contributed by atoms with E-state index in [0.29, 0.717) is 32.6 Å². The molecule has 1 N–H and O–H groups in total. The topological polar surface area (TPSA) is 86.4 Å². The molecule has 7 heteroatoms. The first-order chi connectivity index (χ1) is 12.8. The lowest BCUT2D eigenvalue weighted by Crippen LogP contribution is -2.51. The number of nitrogens with one attached hydrogen (secondary N) is 1. The first kappa shape index (κ1) is 18.8. The van der Waals surface area contributed by atoms with Crippen molar-refractivity contribution < 1.29 is 9.59 Å². The van der Waals surface area contributed by atoms with Gasteiger partial charge in [0.05, 0.1) is 6.42 Å². The quantitative estimate of drug-likeness (QED) is 0.883. The standard InChI is InChI=1S/C20H24N4O3/c1-13-10-15(3)16(11-14(13)2)12-19(26)23-6-8-24(9-7-23)20(27)17-4-5-18(25)22-21-17/h4-5,10-11H,6-9,12H2,1-3H3,(H,22,25). The Kier molecular flexibility index (Phi) is 5.39. The molecule has 1 aromatic carbocycles. The molecule has 2 amide bonds. The van der Waals surface area contributed by atoms with Crippen LogP contribution < -0.4 is 5.56 Å². The fourth-order valence-corrected chi connectivity index (χ4v) is 3.27. The lowest BCUT2D eigenvalue weighted by atomic mass is 9.98. The van der Waals surface area contributed by atoms with Crippen molar-refractivity contribution in [2.24, 2.45) is 0 Å². The van der Waals surface area contributed by atoms with Crippen LogP contribution in [0.1, 0.15) is 32.7 Å². The fraction of sp³-hybridized carbons (Fsp3) is 0.400. The van der Waals surface area contributed by atoms with Crippen molar-refractivity contribution in [3.05, 3.63) is 62.6 Å². The van der Waals surface area contributed by atoms with Gasteiger partial charge in [0.2, 0.25) is 5.91 Å². The average Bonchev–Trinajstić information content (AvgIpc) is 2.66. The van der Waals surface area contributed by atoms with Crippen LogP contribution in [-0.4, -0.2) is 58.0 Å². The molecule has 0 spiro atoms. The molecule has 0 saturated carbocycles. The number of aromatic amines is 1. The lowest BCUT2D eigenvalue weighted by Gasteiger charge is -2.34. The molecule has 1 fully saturated rings. The van der Waals surface area contributed by atoms with Crippen LogP contribution in [0.2, 0.25) is 0 Å². The fourth-order valence-electron chi connectivity index (χ4n) is 3.27. The van der Waals surface area contributed by atoms with Crippen LogP contribution in [0.3, 0.4) is 0 Å². The van der Waals surface area contributed by atoms with Crippen molar-refractivity contribution in [3.8, 4) is 0 Å². The number of piperazine rings is 1. The summed E-state index contributed by atoms with van der Waals surface area (Å²) in [5.41, 5.74) is 4.46. The molecule has 1 aliphatic rings. The van der Waals surface area contributed by atoms with E-state index in [1.165, 1.54) is 23.3 Å². The van der Waals surface area contributed by atoms with Gasteiger partial charge >= 0.3 is 0 Å². The number of amides is 2. The zero-order valence-corrected chi connectivity index (χ0v) is 15.9. The molecule has 27 heavy (non-hydrogen) atoms. The third-order valence-corrected chi connectivity index (χ3v) is 5.11. The molecular formula is C20H24N4O3. The number of rotatable bonds is 3. The van der Waals surface area contributed by atoms with Crippen molar-refractivity contribution in [2.45, 2.75) is 27.2 Å². The van der Waals surface area contributed by atoms with E-state index in [0.717, 1.165) is 11.1 Å². The maximum absolute atomic E-state index is 12.7. The minimum Gasteiger partial charge on any atom is -0.339 e. The summed E-state index contributed by atoms with van der Waals surface area (Å²) in [5.74, 6) is -0.154. The number of H-pyrrole nitrogens is 1. The summed E-state index contributed by atoms with van der Waals surface area (Å²) < 4.78 is 0. The van der Waals surface area contributed by atoms with Crippen molar-refractivity contribution in [2.75, 3.05) is 26.2 Å². The van der Waals surface area contributed by atoms with Crippen molar-refractivity contribution in [1.29, 1.82) is 0 Å². The Morgan fingerprint density at radius 1 is 0.963 bits per heavy atom. The highest BCUT2D eigenvalue weighted by atomic mass is 16.2. The molecule has 2 aromatic rings. The summed E-state index contributed by atoms with van der Waals surface area (Å²) in [4.78, 5) is 39.6. The van der Waals surface area contributed by atoms with E-state index in [1.54, 1.807) is 9.80 Å². The predicted octanol–water partition coefficient (Wildman–Crippen LogP) is 1.22. The Bertz CT molecular complexity index is 907.